The average molecular weight is 490 g/mol. The highest BCUT2D eigenvalue weighted by atomic mass is 19.3. The third kappa shape index (κ3) is 4.08. The number of hydrogen-bond acceptors (Lipinski definition) is 7. The van der Waals surface area contributed by atoms with Crippen LogP contribution in [0.1, 0.15) is 31.9 Å². The molecule has 5 rings (SSSR count). The molecule has 0 saturated carbocycles. The Morgan fingerprint density at radius 2 is 1.58 bits per heavy atom. The lowest BCUT2D eigenvalue weighted by Gasteiger charge is -2.27. The van der Waals surface area contributed by atoms with Crippen molar-refractivity contribution in [1.82, 2.24) is 25.1 Å². The number of halogens is 2. The number of amides is 3. The van der Waals surface area contributed by atoms with Gasteiger partial charge in [-0.05, 0) is 61.4 Å². The topological polar surface area (TPSA) is 105 Å². The van der Waals surface area contributed by atoms with Crippen molar-refractivity contribution >= 4 is 17.6 Å². The summed E-state index contributed by atoms with van der Waals surface area (Å²) < 4.78 is 30.3. The van der Waals surface area contributed by atoms with E-state index >= 15 is 0 Å². The van der Waals surface area contributed by atoms with Crippen LogP contribution in [0.5, 0.6) is 0 Å². The van der Waals surface area contributed by atoms with Crippen LogP contribution >= 0.6 is 0 Å². The van der Waals surface area contributed by atoms with Gasteiger partial charge in [-0.3, -0.25) is 24.6 Å². The van der Waals surface area contributed by atoms with Crippen molar-refractivity contribution in [3.8, 4) is 22.6 Å². The van der Waals surface area contributed by atoms with Gasteiger partial charge in [0.15, 0.2) is 0 Å². The van der Waals surface area contributed by atoms with Crippen molar-refractivity contribution in [3.05, 3.63) is 78.7 Å². The predicted octanol–water partition coefficient (Wildman–Crippen LogP) is 4.88. The summed E-state index contributed by atoms with van der Waals surface area (Å²) in [5.74, 6) is -1.24. The number of carbonyl (C=O) groups excluding carboxylic acids is 2. The molecule has 3 amide bonds. The molecule has 0 aliphatic carbocycles. The summed E-state index contributed by atoms with van der Waals surface area (Å²) >= 11 is 0. The first-order chi connectivity index (χ1) is 17.3. The summed E-state index contributed by atoms with van der Waals surface area (Å²) in [7, 11) is 0. The minimum absolute atomic E-state index is 0.0565. The van der Waals surface area contributed by atoms with E-state index in [0.717, 1.165) is 16.0 Å². The first-order valence-corrected chi connectivity index (χ1v) is 11.0. The van der Waals surface area contributed by atoms with E-state index in [-0.39, 0.29) is 18.3 Å². The number of rotatable bonds is 6. The molecule has 36 heavy (non-hydrogen) atoms. The van der Waals surface area contributed by atoms with Crippen LogP contribution in [0.4, 0.5) is 19.3 Å². The van der Waals surface area contributed by atoms with Gasteiger partial charge in [-0.1, -0.05) is 12.1 Å². The van der Waals surface area contributed by atoms with Gasteiger partial charge in [-0.2, -0.15) is 8.78 Å². The van der Waals surface area contributed by atoms with Gasteiger partial charge in [-0.15, -0.1) is 10.2 Å². The molecule has 0 atom stereocenters. The summed E-state index contributed by atoms with van der Waals surface area (Å²) in [5, 5.41) is 6.88. The molecule has 0 unspecified atom stereocenters. The summed E-state index contributed by atoms with van der Waals surface area (Å²) in [6.45, 7) is 3.33. The lowest BCUT2D eigenvalue weighted by Crippen LogP contribution is -2.44. The zero-order valence-corrected chi connectivity index (χ0v) is 19.3. The van der Waals surface area contributed by atoms with E-state index in [9.17, 15) is 18.4 Å². The molecule has 4 heterocycles. The summed E-state index contributed by atoms with van der Waals surface area (Å²) in [6.07, 6.45) is 1.90. The van der Waals surface area contributed by atoms with Crippen molar-refractivity contribution in [3.63, 3.8) is 0 Å². The van der Waals surface area contributed by atoms with Gasteiger partial charge < -0.3 is 4.42 Å². The fourth-order valence-corrected chi connectivity index (χ4v) is 4.04. The molecular weight excluding hydrogens is 470 g/mol. The van der Waals surface area contributed by atoms with Crippen molar-refractivity contribution in [2.24, 2.45) is 0 Å². The molecule has 1 fully saturated rings. The Labute approximate surface area is 204 Å². The number of carbonyl (C=O) groups is 2. The molecule has 4 aromatic rings. The number of nitrogens with zero attached hydrogens (tertiary/aromatic N) is 6. The van der Waals surface area contributed by atoms with Gasteiger partial charge in [0.05, 0.1) is 17.8 Å². The first kappa shape index (κ1) is 23.2. The number of benzene rings is 1. The van der Waals surface area contributed by atoms with E-state index in [1.807, 2.05) is 24.3 Å². The Hall–Kier alpha value is -4.54. The largest absolute Gasteiger partial charge is 0.415 e. The summed E-state index contributed by atoms with van der Waals surface area (Å²) in [5.41, 5.74) is 2.20. The Morgan fingerprint density at radius 1 is 0.917 bits per heavy atom. The Bertz CT molecular complexity index is 1410. The third-order valence-corrected chi connectivity index (χ3v) is 5.91. The Kier molecular flexibility index (Phi) is 5.75. The molecule has 1 aliphatic heterocycles. The monoisotopic (exact) mass is 490 g/mol. The number of imide groups is 1. The predicted molar refractivity (Wildman–Crippen MR) is 125 cm³/mol. The molecule has 0 radical (unpaired) electrons. The van der Waals surface area contributed by atoms with E-state index in [1.54, 1.807) is 50.5 Å². The standard InChI is InChI=1S/C25H20F2N6O3/c1-25(2)23(34)32(14-18-6-3-17(13-29-18)21-30-31-22(36-21)20(26)27)24(35)33(25)19-7-4-15(5-8-19)16-9-11-28-12-10-16/h3-13,20H,14H2,1-2H3. The maximum Gasteiger partial charge on any atom is 0.332 e. The van der Waals surface area contributed by atoms with Crippen molar-refractivity contribution < 1.29 is 22.8 Å². The highest BCUT2D eigenvalue weighted by Crippen LogP contribution is 2.35. The van der Waals surface area contributed by atoms with Crippen molar-refractivity contribution in [2.75, 3.05) is 4.90 Å². The van der Waals surface area contributed by atoms with Crippen LogP contribution in [-0.4, -0.2) is 42.5 Å². The second kappa shape index (κ2) is 8.91. The highest BCUT2D eigenvalue weighted by Gasteiger charge is 2.52. The van der Waals surface area contributed by atoms with Gasteiger partial charge in [0, 0.05) is 24.3 Å². The molecule has 1 aliphatic rings. The third-order valence-electron chi connectivity index (χ3n) is 5.91. The number of hydrogen-bond donors (Lipinski definition) is 0. The smallest absolute Gasteiger partial charge is 0.332 e. The fourth-order valence-electron chi connectivity index (χ4n) is 4.04. The van der Waals surface area contributed by atoms with Crippen LogP contribution in [0.15, 0.2) is 71.5 Å². The molecule has 1 aromatic carbocycles. The number of anilines is 1. The summed E-state index contributed by atoms with van der Waals surface area (Å²) in [4.78, 5) is 37.4. The van der Waals surface area contributed by atoms with Gasteiger partial charge >= 0.3 is 12.5 Å². The maximum absolute atomic E-state index is 13.3. The normalized spacial score (nSPS) is 15.2. The highest BCUT2D eigenvalue weighted by molar-refractivity contribution is 6.16. The number of alkyl halides is 2. The molecule has 1 saturated heterocycles. The maximum atomic E-state index is 13.3. The average Bonchev–Trinajstić information content (AvgIpc) is 3.44. The molecule has 182 valence electrons. The van der Waals surface area contributed by atoms with Crippen LogP contribution in [0.2, 0.25) is 0 Å². The van der Waals surface area contributed by atoms with Gasteiger partial charge in [0.25, 0.3) is 11.8 Å². The summed E-state index contributed by atoms with van der Waals surface area (Å²) in [6, 6.07) is 13.8. The van der Waals surface area contributed by atoms with Crippen molar-refractivity contribution in [1.29, 1.82) is 0 Å². The first-order valence-electron chi connectivity index (χ1n) is 11.0. The Morgan fingerprint density at radius 3 is 2.19 bits per heavy atom. The molecule has 0 bridgehead atoms. The van der Waals surface area contributed by atoms with Crippen molar-refractivity contribution in [2.45, 2.75) is 32.4 Å². The molecule has 3 aromatic heterocycles. The zero-order valence-electron chi connectivity index (χ0n) is 19.3. The quantitative estimate of drug-likeness (QED) is 0.355. The van der Waals surface area contributed by atoms with Crippen LogP contribution in [0, 0.1) is 0 Å². The molecule has 0 N–H and O–H groups in total. The van der Waals surface area contributed by atoms with Crippen LogP contribution in [0.3, 0.4) is 0 Å². The minimum Gasteiger partial charge on any atom is -0.415 e. The van der Waals surface area contributed by atoms with Gasteiger partial charge in [0.1, 0.15) is 5.54 Å². The second-order valence-corrected chi connectivity index (χ2v) is 8.64. The van der Waals surface area contributed by atoms with Crippen LogP contribution < -0.4 is 4.90 Å². The van der Waals surface area contributed by atoms with Gasteiger partial charge in [-0.25, -0.2) is 4.79 Å². The Balaban J connectivity index is 1.35. The van der Waals surface area contributed by atoms with Crippen LogP contribution in [-0.2, 0) is 11.3 Å². The molecule has 11 heteroatoms. The fraction of sp³-hybridized carbons (Fsp3) is 0.200. The van der Waals surface area contributed by atoms with Crippen LogP contribution in [0.25, 0.3) is 22.6 Å². The SMILES string of the molecule is CC1(C)C(=O)N(Cc2ccc(-c3nnc(C(F)F)o3)cn2)C(=O)N1c1ccc(-c2ccncc2)cc1. The second-order valence-electron chi connectivity index (χ2n) is 8.64. The number of urea groups is 1. The minimum atomic E-state index is -2.87. The molecule has 0 spiro atoms. The molecule has 9 nitrogen and oxygen atoms in total. The van der Waals surface area contributed by atoms with E-state index in [0.29, 0.717) is 16.9 Å². The zero-order chi connectivity index (χ0) is 25.4. The lowest BCUT2D eigenvalue weighted by molar-refractivity contribution is -0.130. The van der Waals surface area contributed by atoms with E-state index in [1.165, 1.54) is 11.1 Å². The number of pyridine rings is 2. The van der Waals surface area contributed by atoms with E-state index in [4.69, 9.17) is 4.42 Å². The number of aromatic nitrogens is 4. The lowest BCUT2D eigenvalue weighted by atomic mass is 10.0. The molecular formula is C25H20F2N6O3. The van der Waals surface area contributed by atoms with E-state index < -0.39 is 23.9 Å². The van der Waals surface area contributed by atoms with E-state index in [2.05, 4.69) is 20.2 Å². The van der Waals surface area contributed by atoms with Gasteiger partial charge in [0.2, 0.25) is 5.89 Å².